The van der Waals surface area contributed by atoms with E-state index in [1.165, 1.54) is 0 Å². The van der Waals surface area contributed by atoms with E-state index in [1.807, 2.05) is 42.5 Å². The third-order valence-electron chi connectivity index (χ3n) is 3.52. The number of benzene rings is 3. The van der Waals surface area contributed by atoms with Crippen molar-refractivity contribution in [2.75, 3.05) is 11.9 Å². The average Bonchev–Trinajstić information content (AvgIpc) is 2.66. The number of rotatable bonds is 6. The Morgan fingerprint density at radius 1 is 0.963 bits per heavy atom. The van der Waals surface area contributed by atoms with E-state index in [1.54, 1.807) is 36.5 Å². The number of hydrogen-bond donors (Lipinski definition) is 1. The summed E-state index contributed by atoms with van der Waals surface area (Å²) < 4.78 is 5.50. The molecule has 0 saturated heterocycles. The molecule has 3 aromatic carbocycles. The van der Waals surface area contributed by atoms with Gasteiger partial charge in [0.05, 0.1) is 5.69 Å². The van der Waals surface area contributed by atoms with E-state index >= 15 is 0 Å². The Hall–Kier alpha value is -2.82. The lowest BCUT2D eigenvalue weighted by molar-refractivity contribution is -0.118. The van der Waals surface area contributed by atoms with Crippen molar-refractivity contribution in [3.63, 3.8) is 0 Å². The second-order valence-corrected chi connectivity index (χ2v) is 6.53. The molecule has 27 heavy (non-hydrogen) atoms. The van der Waals surface area contributed by atoms with Crippen LogP contribution in [0, 0.1) is 0 Å². The smallest absolute Gasteiger partial charge is 0.262 e. The van der Waals surface area contributed by atoms with Gasteiger partial charge in [-0.1, -0.05) is 41.4 Å². The highest BCUT2D eigenvalue weighted by Crippen LogP contribution is 2.24. The van der Waals surface area contributed by atoms with Gasteiger partial charge < -0.3 is 10.1 Å². The van der Waals surface area contributed by atoms with Crippen molar-refractivity contribution in [3.05, 3.63) is 88.4 Å². The van der Waals surface area contributed by atoms with Crippen LogP contribution >= 0.6 is 23.2 Å². The molecule has 0 heterocycles. The fraction of sp³-hybridized carbons (Fsp3) is 0.0476. The predicted octanol–water partition coefficient (Wildman–Crippen LogP) is 5.76. The first-order valence-electron chi connectivity index (χ1n) is 8.16. The maximum absolute atomic E-state index is 11.9. The molecular weight excluding hydrogens is 383 g/mol. The molecule has 3 aromatic rings. The van der Waals surface area contributed by atoms with Gasteiger partial charge in [0.15, 0.2) is 6.61 Å². The highest BCUT2D eigenvalue weighted by Gasteiger charge is 2.03. The molecule has 0 bridgehead atoms. The van der Waals surface area contributed by atoms with Gasteiger partial charge in [0.2, 0.25) is 0 Å². The Labute approximate surface area is 167 Å². The molecule has 0 fully saturated rings. The van der Waals surface area contributed by atoms with Crippen LogP contribution < -0.4 is 10.1 Å². The van der Waals surface area contributed by atoms with Crippen LogP contribution in [0.2, 0.25) is 10.0 Å². The molecular formula is C21H16Cl2N2O2. The fourth-order valence-electron chi connectivity index (χ4n) is 2.28. The van der Waals surface area contributed by atoms with Gasteiger partial charge in [-0.05, 0) is 60.2 Å². The highest BCUT2D eigenvalue weighted by atomic mass is 35.5. The molecule has 0 saturated carbocycles. The van der Waals surface area contributed by atoms with E-state index in [9.17, 15) is 4.79 Å². The number of carbonyl (C=O) groups is 1. The maximum Gasteiger partial charge on any atom is 0.262 e. The van der Waals surface area contributed by atoms with Gasteiger partial charge in [-0.15, -0.1) is 0 Å². The fourth-order valence-corrected chi connectivity index (χ4v) is 2.79. The lowest BCUT2D eigenvalue weighted by Gasteiger charge is -2.07. The minimum absolute atomic E-state index is 0.0661. The zero-order valence-electron chi connectivity index (χ0n) is 14.2. The summed E-state index contributed by atoms with van der Waals surface area (Å²) in [6, 6.07) is 21.6. The van der Waals surface area contributed by atoms with Crippen molar-refractivity contribution in [3.8, 4) is 5.75 Å². The number of nitrogens with one attached hydrogen (secondary N) is 1. The quantitative estimate of drug-likeness (QED) is 0.536. The SMILES string of the molecule is O=C(COc1ccc(C=Nc2cc(Cl)cc(Cl)c2)cc1)Nc1ccccc1. The Bertz CT molecular complexity index is 922. The van der Waals surface area contributed by atoms with Crippen LogP contribution in [0.15, 0.2) is 77.8 Å². The first-order chi connectivity index (χ1) is 13.1. The van der Waals surface area contributed by atoms with Crippen LogP contribution in [0.1, 0.15) is 5.56 Å². The molecule has 0 aliphatic heterocycles. The number of amides is 1. The van der Waals surface area contributed by atoms with Gasteiger partial charge in [-0.3, -0.25) is 9.79 Å². The number of aliphatic imine (C=N–C) groups is 1. The van der Waals surface area contributed by atoms with Gasteiger partial charge in [0.25, 0.3) is 5.91 Å². The van der Waals surface area contributed by atoms with Crippen molar-refractivity contribution in [1.82, 2.24) is 0 Å². The molecule has 3 rings (SSSR count). The summed E-state index contributed by atoms with van der Waals surface area (Å²) in [5.41, 5.74) is 2.29. The Morgan fingerprint density at radius 2 is 1.63 bits per heavy atom. The largest absolute Gasteiger partial charge is 0.484 e. The topological polar surface area (TPSA) is 50.7 Å². The summed E-state index contributed by atoms with van der Waals surface area (Å²) >= 11 is 11.9. The number of ether oxygens (including phenoxy) is 1. The van der Waals surface area contributed by atoms with E-state index in [0.717, 1.165) is 11.3 Å². The molecule has 0 spiro atoms. The van der Waals surface area contributed by atoms with E-state index in [-0.39, 0.29) is 12.5 Å². The van der Waals surface area contributed by atoms with Gasteiger partial charge in [0, 0.05) is 21.9 Å². The molecule has 0 radical (unpaired) electrons. The summed E-state index contributed by atoms with van der Waals surface area (Å²) in [6.07, 6.45) is 1.70. The number of carbonyl (C=O) groups excluding carboxylic acids is 1. The molecule has 0 aromatic heterocycles. The van der Waals surface area contributed by atoms with Crippen LogP contribution in [0.4, 0.5) is 11.4 Å². The third-order valence-corrected chi connectivity index (χ3v) is 3.95. The van der Waals surface area contributed by atoms with Crippen LogP contribution in [0.25, 0.3) is 0 Å². The predicted molar refractivity (Wildman–Crippen MR) is 111 cm³/mol. The maximum atomic E-state index is 11.9. The number of para-hydroxylation sites is 1. The molecule has 136 valence electrons. The van der Waals surface area contributed by atoms with Gasteiger partial charge in [0.1, 0.15) is 5.75 Å². The second-order valence-electron chi connectivity index (χ2n) is 5.66. The van der Waals surface area contributed by atoms with E-state index in [4.69, 9.17) is 27.9 Å². The average molecular weight is 399 g/mol. The summed E-state index contributed by atoms with van der Waals surface area (Å²) in [5, 5.41) is 3.83. The zero-order valence-corrected chi connectivity index (χ0v) is 15.7. The lowest BCUT2D eigenvalue weighted by atomic mass is 10.2. The lowest BCUT2D eigenvalue weighted by Crippen LogP contribution is -2.20. The van der Waals surface area contributed by atoms with E-state index in [0.29, 0.717) is 21.5 Å². The third kappa shape index (κ3) is 6.13. The number of anilines is 1. The van der Waals surface area contributed by atoms with Crippen molar-refractivity contribution >= 4 is 46.7 Å². The minimum Gasteiger partial charge on any atom is -0.484 e. The highest BCUT2D eigenvalue weighted by molar-refractivity contribution is 6.35. The molecule has 0 aliphatic rings. The number of hydrogen-bond acceptors (Lipinski definition) is 3. The molecule has 1 amide bonds. The minimum atomic E-state index is -0.218. The molecule has 6 heteroatoms. The number of halogens is 2. The second kappa shape index (κ2) is 9.21. The van der Waals surface area contributed by atoms with Crippen molar-refractivity contribution in [2.45, 2.75) is 0 Å². The normalized spacial score (nSPS) is 10.7. The first-order valence-corrected chi connectivity index (χ1v) is 8.92. The van der Waals surface area contributed by atoms with Gasteiger partial charge >= 0.3 is 0 Å². The van der Waals surface area contributed by atoms with Gasteiger partial charge in [-0.25, -0.2) is 0 Å². The summed E-state index contributed by atoms with van der Waals surface area (Å²) in [6.45, 7) is -0.0661. The van der Waals surface area contributed by atoms with Crippen molar-refractivity contribution < 1.29 is 9.53 Å². The van der Waals surface area contributed by atoms with Gasteiger partial charge in [-0.2, -0.15) is 0 Å². The zero-order chi connectivity index (χ0) is 19.1. The molecule has 4 nitrogen and oxygen atoms in total. The van der Waals surface area contributed by atoms with Crippen molar-refractivity contribution in [2.24, 2.45) is 4.99 Å². The van der Waals surface area contributed by atoms with Crippen LogP contribution in [0.3, 0.4) is 0 Å². The standard InChI is InChI=1S/C21H16Cl2N2O2/c22-16-10-17(23)12-19(11-16)24-13-15-6-8-20(9-7-15)27-14-21(26)25-18-4-2-1-3-5-18/h1-13H,14H2,(H,25,26). The Kier molecular flexibility index (Phi) is 6.47. The summed E-state index contributed by atoms with van der Waals surface area (Å²) in [5.74, 6) is 0.380. The summed E-state index contributed by atoms with van der Waals surface area (Å²) in [4.78, 5) is 16.2. The number of nitrogens with zero attached hydrogens (tertiary/aromatic N) is 1. The molecule has 1 N–H and O–H groups in total. The Morgan fingerprint density at radius 3 is 2.30 bits per heavy atom. The van der Waals surface area contributed by atoms with Crippen LogP contribution in [-0.4, -0.2) is 18.7 Å². The van der Waals surface area contributed by atoms with E-state index < -0.39 is 0 Å². The molecule has 0 aliphatic carbocycles. The molecule has 0 unspecified atom stereocenters. The van der Waals surface area contributed by atoms with Crippen LogP contribution in [-0.2, 0) is 4.79 Å². The van der Waals surface area contributed by atoms with Crippen molar-refractivity contribution in [1.29, 1.82) is 0 Å². The monoisotopic (exact) mass is 398 g/mol. The molecule has 0 atom stereocenters. The Balaban J connectivity index is 1.54. The van der Waals surface area contributed by atoms with Crippen LogP contribution in [0.5, 0.6) is 5.75 Å². The van der Waals surface area contributed by atoms with E-state index in [2.05, 4.69) is 10.3 Å². The summed E-state index contributed by atoms with van der Waals surface area (Å²) in [7, 11) is 0. The first kappa shape index (κ1) is 19.0.